The minimum Gasteiger partial charge on any atom is -0.340 e. The van der Waals surface area contributed by atoms with Crippen LogP contribution in [-0.4, -0.2) is 30.4 Å². The van der Waals surface area contributed by atoms with Gasteiger partial charge in [0.15, 0.2) is 0 Å². The van der Waals surface area contributed by atoms with Gasteiger partial charge in [0.1, 0.15) is 0 Å². The summed E-state index contributed by atoms with van der Waals surface area (Å²) >= 11 is 3.45. The zero-order valence-corrected chi connectivity index (χ0v) is 12.9. The van der Waals surface area contributed by atoms with Gasteiger partial charge in [-0.25, -0.2) is 0 Å². The summed E-state index contributed by atoms with van der Waals surface area (Å²) in [6, 6.07) is 8.62. The lowest BCUT2D eigenvalue weighted by Gasteiger charge is -2.19. The molecule has 1 aliphatic carbocycles. The third-order valence-electron chi connectivity index (χ3n) is 3.63. The number of nitrogens with one attached hydrogen (secondary N) is 1. The van der Waals surface area contributed by atoms with Crippen molar-refractivity contribution >= 4 is 21.8 Å². The molecule has 104 valence electrons. The lowest BCUT2D eigenvalue weighted by atomic mass is 10.2. The van der Waals surface area contributed by atoms with E-state index < -0.39 is 0 Å². The minimum absolute atomic E-state index is 0.159. The Morgan fingerprint density at radius 3 is 2.84 bits per heavy atom. The molecule has 0 bridgehead atoms. The normalized spacial score (nSPS) is 15.7. The molecule has 0 unspecified atom stereocenters. The standard InChI is InChI=1S/C15H21BrN2O/c1-18(11-12-5-4-6-13(16)9-12)15(19)10-17-14-7-2-3-8-14/h4-6,9,14,17H,2-3,7-8,10-11H2,1H3. The van der Waals surface area contributed by atoms with Gasteiger partial charge in [-0.1, -0.05) is 40.9 Å². The predicted octanol–water partition coefficient (Wildman–Crippen LogP) is 2.94. The topological polar surface area (TPSA) is 32.3 Å². The fraction of sp³-hybridized carbons (Fsp3) is 0.533. The lowest BCUT2D eigenvalue weighted by Crippen LogP contribution is -2.38. The van der Waals surface area contributed by atoms with Crippen molar-refractivity contribution in [3.8, 4) is 0 Å². The molecule has 1 aromatic rings. The van der Waals surface area contributed by atoms with E-state index in [4.69, 9.17) is 0 Å². The van der Waals surface area contributed by atoms with Crippen LogP contribution in [0.25, 0.3) is 0 Å². The molecule has 0 spiro atoms. The third-order valence-corrected chi connectivity index (χ3v) is 4.12. The highest BCUT2D eigenvalue weighted by Gasteiger charge is 2.16. The molecule has 4 heteroatoms. The quantitative estimate of drug-likeness (QED) is 0.903. The molecule has 1 fully saturated rings. The average Bonchev–Trinajstić information content (AvgIpc) is 2.89. The van der Waals surface area contributed by atoms with Crippen LogP contribution < -0.4 is 5.32 Å². The van der Waals surface area contributed by atoms with Crippen molar-refractivity contribution in [2.45, 2.75) is 38.3 Å². The maximum Gasteiger partial charge on any atom is 0.236 e. The molecule has 2 rings (SSSR count). The summed E-state index contributed by atoms with van der Waals surface area (Å²) in [5.74, 6) is 0.159. The Labute approximate surface area is 123 Å². The molecule has 3 nitrogen and oxygen atoms in total. The molecular formula is C15H21BrN2O. The fourth-order valence-corrected chi connectivity index (χ4v) is 2.94. The first-order chi connectivity index (χ1) is 9.15. The van der Waals surface area contributed by atoms with Crippen molar-refractivity contribution in [2.75, 3.05) is 13.6 Å². The van der Waals surface area contributed by atoms with Gasteiger partial charge in [-0.2, -0.15) is 0 Å². The van der Waals surface area contributed by atoms with E-state index in [1.165, 1.54) is 25.7 Å². The number of likely N-dealkylation sites (N-methyl/N-ethyl adjacent to an activating group) is 1. The van der Waals surface area contributed by atoms with Crippen LogP contribution in [0.15, 0.2) is 28.7 Å². The number of carbonyl (C=O) groups is 1. The van der Waals surface area contributed by atoms with Crippen molar-refractivity contribution in [1.82, 2.24) is 10.2 Å². The highest BCUT2D eigenvalue weighted by Crippen LogP contribution is 2.17. The lowest BCUT2D eigenvalue weighted by molar-refractivity contribution is -0.129. The Morgan fingerprint density at radius 2 is 2.16 bits per heavy atom. The van der Waals surface area contributed by atoms with Gasteiger partial charge in [0, 0.05) is 24.1 Å². The Morgan fingerprint density at radius 1 is 1.42 bits per heavy atom. The van der Waals surface area contributed by atoms with Crippen LogP contribution in [0.2, 0.25) is 0 Å². The van der Waals surface area contributed by atoms with E-state index in [9.17, 15) is 4.79 Å². The highest BCUT2D eigenvalue weighted by atomic mass is 79.9. The van der Waals surface area contributed by atoms with E-state index in [1.54, 1.807) is 4.90 Å². The van der Waals surface area contributed by atoms with Crippen LogP contribution in [0.4, 0.5) is 0 Å². The first-order valence-corrected chi connectivity index (χ1v) is 7.66. The molecule has 0 aromatic heterocycles. The SMILES string of the molecule is CN(Cc1cccc(Br)c1)C(=O)CNC1CCCC1. The maximum atomic E-state index is 12.0. The van der Waals surface area contributed by atoms with Crippen LogP contribution in [0, 0.1) is 0 Å². The molecule has 0 atom stereocenters. The number of benzene rings is 1. The summed E-state index contributed by atoms with van der Waals surface area (Å²) in [6.07, 6.45) is 5.00. The number of rotatable bonds is 5. The Bertz CT molecular complexity index is 430. The molecule has 1 saturated carbocycles. The second kappa shape index (κ2) is 7.06. The molecule has 0 aliphatic heterocycles. The Kier molecular flexibility index (Phi) is 5.40. The van der Waals surface area contributed by atoms with Gasteiger partial charge in [0.25, 0.3) is 0 Å². The van der Waals surface area contributed by atoms with E-state index in [1.807, 2.05) is 31.3 Å². The molecule has 1 amide bonds. The van der Waals surface area contributed by atoms with Gasteiger partial charge in [0.2, 0.25) is 5.91 Å². The number of halogens is 1. The van der Waals surface area contributed by atoms with Gasteiger partial charge < -0.3 is 10.2 Å². The molecule has 0 heterocycles. The number of carbonyl (C=O) groups excluding carboxylic acids is 1. The Balaban J connectivity index is 1.78. The summed E-state index contributed by atoms with van der Waals surface area (Å²) in [5.41, 5.74) is 1.14. The van der Waals surface area contributed by atoms with Crippen LogP contribution in [0.1, 0.15) is 31.2 Å². The first-order valence-electron chi connectivity index (χ1n) is 6.87. The van der Waals surface area contributed by atoms with Crippen molar-refractivity contribution in [3.63, 3.8) is 0 Å². The van der Waals surface area contributed by atoms with E-state index in [2.05, 4.69) is 21.2 Å². The average molecular weight is 325 g/mol. The third kappa shape index (κ3) is 4.62. The molecule has 0 saturated heterocycles. The predicted molar refractivity (Wildman–Crippen MR) is 80.9 cm³/mol. The zero-order valence-electron chi connectivity index (χ0n) is 11.4. The summed E-state index contributed by atoms with van der Waals surface area (Å²) in [7, 11) is 1.86. The largest absolute Gasteiger partial charge is 0.340 e. The van der Waals surface area contributed by atoms with E-state index in [0.717, 1.165) is 10.0 Å². The van der Waals surface area contributed by atoms with Crippen LogP contribution >= 0.6 is 15.9 Å². The summed E-state index contributed by atoms with van der Waals surface area (Å²) in [6.45, 7) is 1.11. The molecule has 19 heavy (non-hydrogen) atoms. The first kappa shape index (κ1) is 14.5. The summed E-state index contributed by atoms with van der Waals surface area (Å²) in [4.78, 5) is 13.8. The molecule has 1 aromatic carbocycles. The van der Waals surface area contributed by atoms with Crippen molar-refractivity contribution in [3.05, 3.63) is 34.3 Å². The number of amides is 1. The van der Waals surface area contributed by atoms with Crippen LogP contribution in [0.5, 0.6) is 0 Å². The fourth-order valence-electron chi connectivity index (χ4n) is 2.49. The van der Waals surface area contributed by atoms with Gasteiger partial charge in [-0.15, -0.1) is 0 Å². The monoisotopic (exact) mass is 324 g/mol. The summed E-state index contributed by atoms with van der Waals surface area (Å²) < 4.78 is 1.05. The highest BCUT2D eigenvalue weighted by molar-refractivity contribution is 9.10. The van der Waals surface area contributed by atoms with Gasteiger partial charge in [-0.3, -0.25) is 4.79 Å². The smallest absolute Gasteiger partial charge is 0.236 e. The number of nitrogens with zero attached hydrogens (tertiary/aromatic N) is 1. The number of hydrogen-bond acceptors (Lipinski definition) is 2. The minimum atomic E-state index is 0.159. The van der Waals surface area contributed by atoms with Crippen LogP contribution in [0.3, 0.4) is 0 Å². The van der Waals surface area contributed by atoms with Crippen molar-refractivity contribution < 1.29 is 4.79 Å². The second-order valence-electron chi connectivity index (χ2n) is 5.24. The zero-order chi connectivity index (χ0) is 13.7. The maximum absolute atomic E-state index is 12.0. The van der Waals surface area contributed by atoms with Gasteiger partial charge in [-0.05, 0) is 30.5 Å². The second-order valence-corrected chi connectivity index (χ2v) is 6.16. The van der Waals surface area contributed by atoms with Gasteiger partial charge >= 0.3 is 0 Å². The molecule has 1 N–H and O–H groups in total. The van der Waals surface area contributed by atoms with E-state index in [-0.39, 0.29) is 5.91 Å². The van der Waals surface area contributed by atoms with E-state index >= 15 is 0 Å². The molecule has 0 radical (unpaired) electrons. The molecule has 1 aliphatic rings. The van der Waals surface area contributed by atoms with Crippen molar-refractivity contribution in [2.24, 2.45) is 0 Å². The van der Waals surface area contributed by atoms with Crippen LogP contribution in [-0.2, 0) is 11.3 Å². The van der Waals surface area contributed by atoms with Crippen molar-refractivity contribution in [1.29, 1.82) is 0 Å². The van der Waals surface area contributed by atoms with Gasteiger partial charge in [0.05, 0.1) is 6.54 Å². The number of hydrogen-bond donors (Lipinski definition) is 1. The Hall–Kier alpha value is -0.870. The summed E-state index contributed by atoms with van der Waals surface area (Å²) in [5, 5.41) is 3.36. The molecular weight excluding hydrogens is 304 g/mol. The van der Waals surface area contributed by atoms with E-state index in [0.29, 0.717) is 19.1 Å².